The molecule has 10 nitrogen and oxygen atoms in total. The maximum atomic E-state index is 12.4. The third-order valence-electron chi connectivity index (χ3n) is 7.17. The van der Waals surface area contributed by atoms with Gasteiger partial charge < -0.3 is 28.8 Å². The molecule has 0 aromatic carbocycles. The molecule has 1 amide bonds. The summed E-state index contributed by atoms with van der Waals surface area (Å²) in [5.74, 6) is 1.03. The number of hydrogen-bond acceptors (Lipinski definition) is 7. The third-order valence-corrected chi connectivity index (χ3v) is 8.87. The fraction of sp³-hybridized carbons (Fsp3) is 0.621. The summed E-state index contributed by atoms with van der Waals surface area (Å²) in [5.41, 5.74) is 2.56. The van der Waals surface area contributed by atoms with Gasteiger partial charge in [-0.2, -0.15) is 5.26 Å². The van der Waals surface area contributed by atoms with E-state index in [4.69, 9.17) is 14.5 Å². The third kappa shape index (κ3) is 7.99. The lowest BCUT2D eigenvalue weighted by atomic mass is 10.1. The maximum Gasteiger partial charge on any atom is 0.410 e. The molecule has 2 aromatic rings. The average molecular weight is 568 g/mol. The standard InChI is InChI=1S/C29H45N7O3Si/c1-29(2,3)39-28(37)34-15-13-33(14-16-34)20-24(7-10-30)35-12-9-23(19-35)26-25-8-11-31-27(25)36(21-32-26)22-38-17-18-40(4,5)6/h8-9,11-12,19,24,31H,7,13-18,20-22H2,1-6H3. The van der Waals surface area contributed by atoms with Crippen molar-refractivity contribution >= 4 is 25.7 Å². The van der Waals surface area contributed by atoms with Crippen LogP contribution in [0, 0.1) is 11.3 Å². The van der Waals surface area contributed by atoms with Crippen LogP contribution < -0.4 is 4.90 Å². The van der Waals surface area contributed by atoms with E-state index in [0.717, 1.165) is 54.9 Å². The zero-order chi connectivity index (χ0) is 28.9. The van der Waals surface area contributed by atoms with E-state index in [1.807, 2.05) is 27.0 Å². The van der Waals surface area contributed by atoms with Crippen LogP contribution in [-0.4, -0.2) is 97.6 Å². The van der Waals surface area contributed by atoms with E-state index in [9.17, 15) is 10.1 Å². The van der Waals surface area contributed by atoms with Crippen LogP contribution in [0.3, 0.4) is 0 Å². The molecule has 1 unspecified atom stereocenters. The number of piperazine rings is 1. The summed E-state index contributed by atoms with van der Waals surface area (Å²) < 4.78 is 13.7. The molecule has 0 saturated carbocycles. The fourth-order valence-electron chi connectivity index (χ4n) is 4.92. The Morgan fingerprint density at radius 3 is 2.62 bits per heavy atom. The van der Waals surface area contributed by atoms with Gasteiger partial charge in [-0.15, -0.1) is 0 Å². The second-order valence-electron chi connectivity index (χ2n) is 12.9. The molecule has 1 atom stereocenters. The van der Waals surface area contributed by atoms with Gasteiger partial charge in [-0.25, -0.2) is 4.79 Å². The number of nitrogens with zero attached hydrogens (tertiary/aromatic N) is 6. The SMILES string of the molecule is CC(C)(C)OC(=O)N1CCN(CC(CC#N)n2ccc(C3=NCN(COCC[Si](C)(C)C)c4[nH]ccc43)c2)CC1. The zero-order valence-electron chi connectivity index (χ0n) is 24.9. The van der Waals surface area contributed by atoms with E-state index < -0.39 is 13.7 Å². The Hall–Kier alpha value is -3.07. The quantitative estimate of drug-likeness (QED) is 0.328. The number of H-pyrrole nitrogens is 1. The van der Waals surface area contributed by atoms with Gasteiger partial charge in [-0.1, -0.05) is 19.6 Å². The number of aromatic amines is 1. The number of aromatic nitrogens is 2. The van der Waals surface area contributed by atoms with Crippen molar-refractivity contribution in [3.8, 4) is 6.07 Å². The Morgan fingerprint density at radius 1 is 1.20 bits per heavy atom. The van der Waals surface area contributed by atoms with Gasteiger partial charge in [0.2, 0.25) is 0 Å². The summed E-state index contributed by atoms with van der Waals surface area (Å²) in [6.07, 6.45) is 6.26. The molecule has 1 fully saturated rings. The minimum Gasteiger partial charge on any atom is -0.444 e. The van der Waals surface area contributed by atoms with Crippen molar-refractivity contribution in [3.63, 3.8) is 0 Å². The number of fused-ring (bicyclic) bond motifs is 1. The highest BCUT2D eigenvalue weighted by molar-refractivity contribution is 6.76. The number of ether oxygens (including phenoxy) is 2. The number of nitriles is 1. The number of carbonyl (C=O) groups is 1. The first-order chi connectivity index (χ1) is 18.9. The number of aliphatic imine (C=N–C) groups is 1. The van der Waals surface area contributed by atoms with Crippen molar-refractivity contribution in [2.24, 2.45) is 4.99 Å². The number of hydrogen-bond donors (Lipinski definition) is 1. The molecule has 1 saturated heterocycles. The fourth-order valence-corrected chi connectivity index (χ4v) is 5.67. The van der Waals surface area contributed by atoms with Crippen molar-refractivity contribution in [1.82, 2.24) is 19.4 Å². The van der Waals surface area contributed by atoms with Gasteiger partial charge >= 0.3 is 6.09 Å². The molecule has 4 heterocycles. The number of amides is 1. The summed E-state index contributed by atoms with van der Waals surface area (Å²) in [6.45, 7) is 18.0. The van der Waals surface area contributed by atoms with Gasteiger partial charge in [-0.3, -0.25) is 9.89 Å². The first kappa shape index (κ1) is 29.9. The predicted octanol–water partition coefficient (Wildman–Crippen LogP) is 4.75. The summed E-state index contributed by atoms with van der Waals surface area (Å²) in [6, 6.07) is 7.67. The Kier molecular flexibility index (Phi) is 9.43. The van der Waals surface area contributed by atoms with Gasteiger partial charge in [0.1, 0.15) is 24.8 Å². The summed E-state index contributed by atoms with van der Waals surface area (Å²) in [5, 5.41) is 9.58. The van der Waals surface area contributed by atoms with Crippen LogP contribution in [0.5, 0.6) is 0 Å². The topological polar surface area (TPSA) is 102 Å². The molecule has 0 spiro atoms. The lowest BCUT2D eigenvalue weighted by molar-refractivity contribution is 0.0135. The van der Waals surface area contributed by atoms with Crippen LogP contribution in [0.25, 0.3) is 0 Å². The van der Waals surface area contributed by atoms with E-state index in [2.05, 4.69) is 69.6 Å². The molecule has 2 aromatic heterocycles. The lowest BCUT2D eigenvalue weighted by Crippen LogP contribution is -2.51. The van der Waals surface area contributed by atoms with Gasteiger partial charge in [0.15, 0.2) is 0 Å². The predicted molar refractivity (Wildman–Crippen MR) is 161 cm³/mol. The monoisotopic (exact) mass is 567 g/mol. The highest BCUT2D eigenvalue weighted by atomic mass is 28.3. The summed E-state index contributed by atoms with van der Waals surface area (Å²) in [7, 11) is -1.13. The van der Waals surface area contributed by atoms with Crippen molar-refractivity contribution in [3.05, 3.63) is 41.9 Å². The molecule has 40 heavy (non-hydrogen) atoms. The molecule has 11 heteroatoms. The molecule has 2 aliphatic heterocycles. The molecular weight excluding hydrogens is 522 g/mol. The normalized spacial score (nSPS) is 17.3. The Morgan fingerprint density at radius 2 is 1.95 bits per heavy atom. The molecule has 0 aliphatic carbocycles. The minimum absolute atomic E-state index is 0.0120. The molecular formula is C29H45N7O3Si. The van der Waals surface area contributed by atoms with E-state index >= 15 is 0 Å². The van der Waals surface area contributed by atoms with Crippen LogP contribution in [0.4, 0.5) is 10.6 Å². The number of anilines is 1. The first-order valence-corrected chi connectivity index (χ1v) is 17.9. The lowest BCUT2D eigenvalue weighted by Gasteiger charge is -2.37. The van der Waals surface area contributed by atoms with Crippen molar-refractivity contribution in [2.45, 2.75) is 64.5 Å². The Balaban J connectivity index is 1.36. The zero-order valence-corrected chi connectivity index (χ0v) is 25.9. The van der Waals surface area contributed by atoms with Gasteiger partial charge in [0, 0.05) is 77.1 Å². The molecule has 4 rings (SSSR count). The average Bonchev–Trinajstić information content (AvgIpc) is 3.56. The van der Waals surface area contributed by atoms with E-state index in [1.54, 1.807) is 4.90 Å². The molecule has 2 aliphatic rings. The molecule has 218 valence electrons. The van der Waals surface area contributed by atoms with E-state index in [-0.39, 0.29) is 12.1 Å². The van der Waals surface area contributed by atoms with E-state index in [0.29, 0.717) is 32.9 Å². The largest absolute Gasteiger partial charge is 0.444 e. The van der Waals surface area contributed by atoms with Gasteiger partial charge in [-0.05, 0) is 38.9 Å². The molecule has 0 bridgehead atoms. The number of carbonyl (C=O) groups excluding carboxylic acids is 1. The second kappa shape index (κ2) is 12.6. The van der Waals surface area contributed by atoms with Gasteiger partial charge in [0.05, 0.1) is 24.2 Å². The second-order valence-corrected chi connectivity index (χ2v) is 18.5. The van der Waals surface area contributed by atoms with Crippen LogP contribution in [0.15, 0.2) is 35.7 Å². The molecule has 1 N–H and O–H groups in total. The van der Waals surface area contributed by atoms with Gasteiger partial charge in [0.25, 0.3) is 0 Å². The highest BCUT2D eigenvalue weighted by Gasteiger charge is 2.28. The smallest absolute Gasteiger partial charge is 0.410 e. The molecule has 0 radical (unpaired) electrons. The Bertz CT molecular complexity index is 1210. The van der Waals surface area contributed by atoms with Crippen molar-refractivity contribution < 1.29 is 14.3 Å². The minimum atomic E-state index is -1.13. The van der Waals surface area contributed by atoms with Crippen LogP contribution in [0.1, 0.15) is 44.4 Å². The van der Waals surface area contributed by atoms with E-state index in [1.165, 1.54) is 0 Å². The van der Waals surface area contributed by atoms with Crippen molar-refractivity contribution in [1.29, 1.82) is 5.26 Å². The summed E-state index contributed by atoms with van der Waals surface area (Å²) in [4.78, 5) is 26.9. The maximum absolute atomic E-state index is 12.4. The highest BCUT2D eigenvalue weighted by Crippen LogP contribution is 2.28. The van der Waals surface area contributed by atoms with Crippen LogP contribution in [-0.2, 0) is 9.47 Å². The first-order valence-electron chi connectivity index (χ1n) is 14.2. The van der Waals surface area contributed by atoms with Crippen LogP contribution in [0.2, 0.25) is 25.7 Å². The van der Waals surface area contributed by atoms with Crippen LogP contribution >= 0.6 is 0 Å². The number of rotatable bonds is 10. The Labute approximate surface area is 239 Å². The number of nitrogens with one attached hydrogen (secondary N) is 1. The van der Waals surface area contributed by atoms with Crippen molar-refractivity contribution in [2.75, 3.05) is 57.6 Å². The summed E-state index contributed by atoms with van der Waals surface area (Å²) >= 11 is 0.